The molecule has 3 rings (SSSR count). The van der Waals surface area contributed by atoms with Crippen LogP contribution in [0.4, 0.5) is 13.2 Å². The Morgan fingerprint density at radius 1 is 1.20 bits per heavy atom. The number of nitrogens with one attached hydrogen (secondary N) is 1. The predicted molar refractivity (Wildman–Crippen MR) is 87.3 cm³/mol. The minimum Gasteiger partial charge on any atom is -0.344 e. The lowest BCUT2D eigenvalue weighted by molar-refractivity contribution is -0.137. The first kappa shape index (κ1) is 17.0. The van der Waals surface area contributed by atoms with Crippen molar-refractivity contribution in [1.29, 1.82) is 0 Å². The Balaban J connectivity index is 1.81. The largest absolute Gasteiger partial charge is 0.416 e. The lowest BCUT2D eigenvalue weighted by atomic mass is 10.0. The van der Waals surface area contributed by atoms with Crippen LogP contribution >= 0.6 is 0 Å². The molecule has 0 aliphatic rings. The van der Waals surface area contributed by atoms with Crippen LogP contribution in [0.5, 0.6) is 0 Å². The van der Waals surface area contributed by atoms with E-state index in [1.807, 2.05) is 19.1 Å². The molecule has 1 aromatic carbocycles. The highest BCUT2D eigenvalue weighted by atomic mass is 19.4. The summed E-state index contributed by atoms with van der Waals surface area (Å²) in [7, 11) is 0. The van der Waals surface area contributed by atoms with Crippen molar-refractivity contribution < 1.29 is 18.0 Å². The molecule has 0 radical (unpaired) electrons. The SMILES string of the molecule is Cc1cccc2nc(C(=O)N[C@@H](C)c3cccc(C(F)(F)F)c3)cn12. The molecule has 2 heterocycles. The zero-order valence-corrected chi connectivity index (χ0v) is 13.6. The number of rotatable bonds is 3. The standard InChI is InChI=1S/C18H16F3N3O/c1-11-5-3-8-16-23-15(10-24(11)16)17(25)22-12(2)13-6-4-7-14(9-13)18(19,20)21/h3-10,12H,1-2H3,(H,22,25)/t12-/m0/s1. The summed E-state index contributed by atoms with van der Waals surface area (Å²) >= 11 is 0. The lowest BCUT2D eigenvalue weighted by Gasteiger charge is -2.15. The fourth-order valence-electron chi connectivity index (χ4n) is 2.60. The van der Waals surface area contributed by atoms with Gasteiger partial charge in [-0.05, 0) is 43.7 Å². The molecule has 1 atom stereocenters. The van der Waals surface area contributed by atoms with E-state index in [0.29, 0.717) is 11.2 Å². The number of nitrogens with zero attached hydrogens (tertiary/aromatic N) is 2. The van der Waals surface area contributed by atoms with Crippen molar-refractivity contribution in [2.24, 2.45) is 0 Å². The first-order valence-electron chi connectivity index (χ1n) is 7.68. The molecule has 0 aliphatic carbocycles. The van der Waals surface area contributed by atoms with E-state index in [1.54, 1.807) is 29.7 Å². The van der Waals surface area contributed by atoms with Crippen LogP contribution < -0.4 is 5.32 Å². The van der Waals surface area contributed by atoms with Crippen LogP contribution in [0.25, 0.3) is 5.65 Å². The molecule has 0 fully saturated rings. The minimum absolute atomic E-state index is 0.216. The molecule has 130 valence electrons. The van der Waals surface area contributed by atoms with E-state index in [0.717, 1.165) is 17.8 Å². The highest BCUT2D eigenvalue weighted by Gasteiger charge is 2.30. The molecule has 1 N–H and O–H groups in total. The molecule has 3 aromatic rings. The maximum atomic E-state index is 12.8. The zero-order chi connectivity index (χ0) is 18.2. The second-order valence-corrected chi connectivity index (χ2v) is 5.84. The number of fused-ring (bicyclic) bond motifs is 1. The Bertz CT molecular complexity index is 931. The molecule has 1 amide bonds. The van der Waals surface area contributed by atoms with Crippen LogP contribution in [0.15, 0.2) is 48.7 Å². The summed E-state index contributed by atoms with van der Waals surface area (Å²) in [6, 6.07) is 9.84. The van der Waals surface area contributed by atoms with Gasteiger partial charge in [-0.15, -0.1) is 0 Å². The lowest BCUT2D eigenvalue weighted by Crippen LogP contribution is -2.27. The summed E-state index contributed by atoms with van der Waals surface area (Å²) in [5.41, 5.74) is 1.41. The number of halogens is 3. The molecule has 0 bridgehead atoms. The quantitative estimate of drug-likeness (QED) is 0.774. The Morgan fingerprint density at radius 2 is 1.92 bits per heavy atom. The number of benzene rings is 1. The van der Waals surface area contributed by atoms with Crippen molar-refractivity contribution in [3.05, 3.63) is 71.2 Å². The third-order valence-corrected chi connectivity index (χ3v) is 3.99. The summed E-state index contributed by atoms with van der Waals surface area (Å²) in [5.74, 6) is -0.437. The number of pyridine rings is 1. The highest BCUT2D eigenvalue weighted by molar-refractivity contribution is 5.93. The van der Waals surface area contributed by atoms with E-state index < -0.39 is 23.7 Å². The zero-order valence-electron chi connectivity index (χ0n) is 13.6. The van der Waals surface area contributed by atoms with E-state index in [4.69, 9.17) is 0 Å². The van der Waals surface area contributed by atoms with E-state index in [1.165, 1.54) is 6.07 Å². The monoisotopic (exact) mass is 347 g/mol. The van der Waals surface area contributed by atoms with E-state index in [-0.39, 0.29) is 5.69 Å². The smallest absolute Gasteiger partial charge is 0.344 e. The first-order chi connectivity index (χ1) is 11.8. The molecule has 25 heavy (non-hydrogen) atoms. The fraction of sp³-hybridized carbons (Fsp3) is 0.222. The normalized spacial score (nSPS) is 13.0. The third-order valence-electron chi connectivity index (χ3n) is 3.99. The van der Waals surface area contributed by atoms with Crippen LogP contribution in [0.3, 0.4) is 0 Å². The van der Waals surface area contributed by atoms with Gasteiger partial charge in [0, 0.05) is 11.9 Å². The van der Waals surface area contributed by atoms with Gasteiger partial charge in [0.05, 0.1) is 11.6 Å². The number of carbonyl (C=O) groups excluding carboxylic acids is 1. The molecule has 0 saturated carbocycles. The molecule has 4 nitrogen and oxygen atoms in total. The third kappa shape index (κ3) is 3.50. The first-order valence-corrected chi connectivity index (χ1v) is 7.68. The van der Waals surface area contributed by atoms with Crippen LogP contribution in [-0.4, -0.2) is 15.3 Å². The molecular weight excluding hydrogens is 331 g/mol. The van der Waals surface area contributed by atoms with Gasteiger partial charge in [0.1, 0.15) is 11.3 Å². The summed E-state index contributed by atoms with van der Waals surface area (Å²) in [5, 5.41) is 2.69. The number of alkyl halides is 3. The molecule has 7 heteroatoms. The van der Waals surface area contributed by atoms with Gasteiger partial charge in [0.15, 0.2) is 0 Å². The van der Waals surface area contributed by atoms with Gasteiger partial charge in [-0.25, -0.2) is 4.98 Å². The summed E-state index contributed by atoms with van der Waals surface area (Å²) in [4.78, 5) is 16.6. The van der Waals surface area contributed by atoms with E-state index in [2.05, 4.69) is 10.3 Å². The highest BCUT2D eigenvalue weighted by Crippen LogP contribution is 2.30. The van der Waals surface area contributed by atoms with Crippen molar-refractivity contribution in [2.75, 3.05) is 0 Å². The number of carbonyl (C=O) groups is 1. The maximum Gasteiger partial charge on any atom is 0.416 e. The summed E-state index contributed by atoms with van der Waals surface area (Å²) < 4.78 is 40.2. The molecule has 0 saturated heterocycles. The van der Waals surface area contributed by atoms with Crippen LogP contribution in [0, 0.1) is 6.92 Å². The molecule has 0 unspecified atom stereocenters. The summed E-state index contributed by atoms with van der Waals surface area (Å²) in [6.45, 7) is 3.52. The van der Waals surface area contributed by atoms with Crippen molar-refractivity contribution >= 4 is 11.6 Å². The van der Waals surface area contributed by atoms with Gasteiger partial charge in [0.2, 0.25) is 0 Å². The second kappa shape index (κ2) is 6.23. The van der Waals surface area contributed by atoms with E-state index in [9.17, 15) is 18.0 Å². The van der Waals surface area contributed by atoms with Gasteiger partial charge in [-0.3, -0.25) is 4.79 Å². The Hall–Kier alpha value is -2.83. The van der Waals surface area contributed by atoms with Gasteiger partial charge in [-0.2, -0.15) is 13.2 Å². The number of aryl methyl sites for hydroxylation is 1. The Kier molecular flexibility index (Phi) is 4.24. The van der Waals surface area contributed by atoms with Crippen molar-refractivity contribution in [3.63, 3.8) is 0 Å². The Morgan fingerprint density at radius 3 is 2.60 bits per heavy atom. The average molecular weight is 347 g/mol. The number of aromatic nitrogens is 2. The molecule has 0 aliphatic heterocycles. The fourth-order valence-corrected chi connectivity index (χ4v) is 2.60. The average Bonchev–Trinajstić information content (AvgIpc) is 3.00. The predicted octanol–water partition coefficient (Wildman–Crippen LogP) is 4.15. The number of imidazole rings is 1. The van der Waals surface area contributed by atoms with Gasteiger partial charge >= 0.3 is 6.18 Å². The van der Waals surface area contributed by atoms with Crippen LogP contribution in [-0.2, 0) is 6.18 Å². The Labute approximate surface area is 142 Å². The second-order valence-electron chi connectivity index (χ2n) is 5.84. The topological polar surface area (TPSA) is 46.4 Å². The molecule has 0 spiro atoms. The van der Waals surface area contributed by atoms with Gasteiger partial charge < -0.3 is 9.72 Å². The van der Waals surface area contributed by atoms with Gasteiger partial charge in [0.25, 0.3) is 5.91 Å². The minimum atomic E-state index is -4.42. The summed E-state index contributed by atoms with van der Waals surface area (Å²) in [6.07, 6.45) is -2.81. The molecule has 2 aromatic heterocycles. The van der Waals surface area contributed by atoms with Crippen molar-refractivity contribution in [2.45, 2.75) is 26.1 Å². The molecular formula is C18H16F3N3O. The maximum absolute atomic E-state index is 12.8. The van der Waals surface area contributed by atoms with Crippen LogP contribution in [0.1, 0.15) is 40.3 Å². The van der Waals surface area contributed by atoms with Crippen LogP contribution in [0.2, 0.25) is 0 Å². The number of hydrogen-bond acceptors (Lipinski definition) is 2. The van der Waals surface area contributed by atoms with Crippen molar-refractivity contribution in [3.8, 4) is 0 Å². The number of amides is 1. The van der Waals surface area contributed by atoms with E-state index >= 15 is 0 Å². The number of hydrogen-bond donors (Lipinski definition) is 1. The van der Waals surface area contributed by atoms with Gasteiger partial charge in [-0.1, -0.05) is 18.2 Å². The van der Waals surface area contributed by atoms with Crippen molar-refractivity contribution in [1.82, 2.24) is 14.7 Å².